The average molecular weight is 188 g/mol. The van der Waals surface area contributed by atoms with E-state index in [1.807, 2.05) is 0 Å². The van der Waals surface area contributed by atoms with E-state index in [4.69, 9.17) is 9.47 Å². The Hall–Kier alpha value is -1.26. The summed E-state index contributed by atoms with van der Waals surface area (Å²) in [6.45, 7) is 3.82. The maximum atomic E-state index is 11.2. The van der Waals surface area contributed by atoms with Crippen LogP contribution in [0.15, 0.2) is 0 Å². The standard InChI is InChI=1S/C8H12O5/c1-3-11-7(9)5(2)6-4-12-8(10)13-6/h5-6H,3-4H2,1-2H3. The summed E-state index contributed by atoms with van der Waals surface area (Å²) in [7, 11) is 0. The molecule has 1 heterocycles. The average Bonchev–Trinajstić information content (AvgIpc) is 2.51. The lowest BCUT2D eigenvalue weighted by atomic mass is 10.1. The van der Waals surface area contributed by atoms with Gasteiger partial charge in [-0.15, -0.1) is 0 Å². The van der Waals surface area contributed by atoms with Crippen molar-refractivity contribution in [2.24, 2.45) is 5.92 Å². The van der Waals surface area contributed by atoms with E-state index in [9.17, 15) is 9.59 Å². The minimum atomic E-state index is -0.721. The lowest BCUT2D eigenvalue weighted by Crippen LogP contribution is -2.29. The number of hydrogen-bond donors (Lipinski definition) is 0. The minimum Gasteiger partial charge on any atom is -0.466 e. The Balaban J connectivity index is 2.43. The minimum absolute atomic E-state index is 0.124. The molecule has 0 spiro atoms. The number of hydrogen-bond acceptors (Lipinski definition) is 5. The number of carbonyl (C=O) groups excluding carboxylic acids is 2. The highest BCUT2D eigenvalue weighted by Gasteiger charge is 2.34. The van der Waals surface area contributed by atoms with Crippen molar-refractivity contribution in [2.75, 3.05) is 13.2 Å². The van der Waals surface area contributed by atoms with Crippen LogP contribution in [0.5, 0.6) is 0 Å². The molecule has 1 fully saturated rings. The molecule has 0 aromatic rings. The Bertz CT molecular complexity index is 213. The number of esters is 1. The molecule has 1 aliphatic rings. The van der Waals surface area contributed by atoms with Crippen molar-refractivity contribution >= 4 is 12.1 Å². The second-order valence-electron chi connectivity index (χ2n) is 2.76. The van der Waals surface area contributed by atoms with Crippen LogP contribution in [0, 0.1) is 5.92 Å². The molecule has 0 saturated carbocycles. The van der Waals surface area contributed by atoms with Gasteiger partial charge in [-0.3, -0.25) is 4.79 Å². The molecule has 74 valence electrons. The number of rotatable bonds is 3. The summed E-state index contributed by atoms with van der Waals surface area (Å²) in [6, 6.07) is 0. The number of cyclic esters (lactones) is 2. The first kappa shape index (κ1) is 9.83. The molecule has 13 heavy (non-hydrogen) atoms. The van der Waals surface area contributed by atoms with Crippen LogP contribution in [0.4, 0.5) is 4.79 Å². The molecule has 2 unspecified atom stereocenters. The Kier molecular flexibility index (Phi) is 3.11. The van der Waals surface area contributed by atoms with Gasteiger partial charge in [-0.05, 0) is 13.8 Å². The fraction of sp³-hybridized carbons (Fsp3) is 0.750. The Morgan fingerprint density at radius 3 is 2.92 bits per heavy atom. The van der Waals surface area contributed by atoms with Crippen molar-refractivity contribution in [2.45, 2.75) is 20.0 Å². The predicted molar refractivity (Wildman–Crippen MR) is 42.0 cm³/mol. The van der Waals surface area contributed by atoms with Crippen LogP contribution in [0.1, 0.15) is 13.8 Å². The Labute approximate surface area is 76.0 Å². The maximum absolute atomic E-state index is 11.2. The quantitative estimate of drug-likeness (QED) is 0.611. The van der Waals surface area contributed by atoms with E-state index in [0.29, 0.717) is 6.61 Å². The Morgan fingerprint density at radius 2 is 2.46 bits per heavy atom. The zero-order valence-corrected chi connectivity index (χ0v) is 7.61. The van der Waals surface area contributed by atoms with Gasteiger partial charge < -0.3 is 14.2 Å². The van der Waals surface area contributed by atoms with Crippen LogP contribution < -0.4 is 0 Å². The lowest BCUT2D eigenvalue weighted by Gasteiger charge is -2.13. The zero-order chi connectivity index (χ0) is 9.84. The van der Waals surface area contributed by atoms with Crippen LogP contribution in [-0.2, 0) is 19.0 Å². The van der Waals surface area contributed by atoms with Gasteiger partial charge in [0.15, 0.2) is 6.10 Å². The fourth-order valence-corrected chi connectivity index (χ4v) is 1.01. The smallest absolute Gasteiger partial charge is 0.466 e. The number of ether oxygens (including phenoxy) is 3. The van der Waals surface area contributed by atoms with Gasteiger partial charge in [0.2, 0.25) is 0 Å². The highest BCUT2D eigenvalue weighted by atomic mass is 16.8. The molecule has 0 radical (unpaired) electrons. The molecule has 5 heteroatoms. The van der Waals surface area contributed by atoms with Crippen molar-refractivity contribution in [3.63, 3.8) is 0 Å². The van der Waals surface area contributed by atoms with Crippen LogP contribution in [-0.4, -0.2) is 31.4 Å². The van der Waals surface area contributed by atoms with E-state index in [1.165, 1.54) is 0 Å². The largest absolute Gasteiger partial charge is 0.508 e. The molecule has 0 N–H and O–H groups in total. The first-order chi connectivity index (χ1) is 6.15. The zero-order valence-electron chi connectivity index (χ0n) is 7.61. The molecule has 0 bridgehead atoms. The van der Waals surface area contributed by atoms with Crippen molar-refractivity contribution in [1.82, 2.24) is 0 Å². The lowest BCUT2D eigenvalue weighted by molar-refractivity contribution is -0.150. The summed E-state index contributed by atoms with van der Waals surface area (Å²) in [6.07, 6.45) is -1.23. The molecule has 1 saturated heterocycles. The highest BCUT2D eigenvalue weighted by Crippen LogP contribution is 2.16. The van der Waals surface area contributed by atoms with Crippen molar-refractivity contribution < 1.29 is 23.8 Å². The third-order valence-corrected chi connectivity index (χ3v) is 1.83. The van der Waals surface area contributed by atoms with Gasteiger partial charge in [-0.25, -0.2) is 4.79 Å². The molecule has 0 aromatic heterocycles. The third kappa shape index (κ3) is 2.34. The van der Waals surface area contributed by atoms with Gasteiger partial charge >= 0.3 is 12.1 Å². The van der Waals surface area contributed by atoms with Gasteiger partial charge in [-0.1, -0.05) is 0 Å². The molecule has 0 amide bonds. The third-order valence-electron chi connectivity index (χ3n) is 1.83. The normalized spacial score (nSPS) is 23.2. The molecular weight excluding hydrogens is 176 g/mol. The maximum Gasteiger partial charge on any atom is 0.508 e. The van der Waals surface area contributed by atoms with E-state index in [-0.39, 0.29) is 12.6 Å². The molecule has 2 atom stereocenters. The van der Waals surface area contributed by atoms with E-state index < -0.39 is 18.2 Å². The second-order valence-corrected chi connectivity index (χ2v) is 2.76. The van der Waals surface area contributed by atoms with Crippen LogP contribution >= 0.6 is 0 Å². The first-order valence-corrected chi connectivity index (χ1v) is 4.15. The van der Waals surface area contributed by atoms with Crippen molar-refractivity contribution in [1.29, 1.82) is 0 Å². The first-order valence-electron chi connectivity index (χ1n) is 4.15. The predicted octanol–water partition coefficient (Wildman–Crippen LogP) is 0.721. The van der Waals surface area contributed by atoms with Gasteiger partial charge in [0.25, 0.3) is 0 Å². The fourth-order valence-electron chi connectivity index (χ4n) is 1.01. The van der Waals surface area contributed by atoms with E-state index in [2.05, 4.69) is 4.74 Å². The number of carbonyl (C=O) groups is 2. The summed E-state index contributed by atoms with van der Waals surface area (Å²) in [5.74, 6) is -0.836. The SMILES string of the molecule is CCOC(=O)C(C)C1COC(=O)O1. The summed E-state index contributed by atoms with van der Waals surface area (Å²) >= 11 is 0. The van der Waals surface area contributed by atoms with Gasteiger partial charge in [0, 0.05) is 0 Å². The summed E-state index contributed by atoms with van der Waals surface area (Å²) in [4.78, 5) is 21.7. The molecule has 1 aliphatic heterocycles. The summed E-state index contributed by atoms with van der Waals surface area (Å²) in [5.41, 5.74) is 0. The molecule has 1 rings (SSSR count). The molecule has 5 nitrogen and oxygen atoms in total. The topological polar surface area (TPSA) is 61.8 Å². The Morgan fingerprint density at radius 1 is 1.77 bits per heavy atom. The van der Waals surface area contributed by atoms with E-state index in [0.717, 1.165) is 0 Å². The van der Waals surface area contributed by atoms with Crippen molar-refractivity contribution in [3.8, 4) is 0 Å². The molecular formula is C8H12O5. The molecule has 0 aliphatic carbocycles. The van der Waals surface area contributed by atoms with E-state index >= 15 is 0 Å². The monoisotopic (exact) mass is 188 g/mol. The highest BCUT2D eigenvalue weighted by molar-refractivity contribution is 5.74. The van der Waals surface area contributed by atoms with E-state index in [1.54, 1.807) is 13.8 Å². The molecule has 0 aromatic carbocycles. The van der Waals surface area contributed by atoms with Gasteiger partial charge in [-0.2, -0.15) is 0 Å². The van der Waals surface area contributed by atoms with Crippen molar-refractivity contribution in [3.05, 3.63) is 0 Å². The summed E-state index contributed by atoms with van der Waals surface area (Å²) in [5, 5.41) is 0. The van der Waals surface area contributed by atoms with Gasteiger partial charge in [0.05, 0.1) is 12.5 Å². The van der Waals surface area contributed by atoms with Gasteiger partial charge in [0.1, 0.15) is 6.61 Å². The summed E-state index contributed by atoms with van der Waals surface area (Å²) < 4.78 is 14.0. The van der Waals surface area contributed by atoms with Crippen LogP contribution in [0.3, 0.4) is 0 Å². The second kappa shape index (κ2) is 4.11. The van der Waals surface area contributed by atoms with Crippen LogP contribution in [0.2, 0.25) is 0 Å². The van der Waals surface area contributed by atoms with Crippen LogP contribution in [0.25, 0.3) is 0 Å².